The van der Waals surface area contributed by atoms with Crippen molar-refractivity contribution in [2.75, 3.05) is 90.8 Å². The number of likely N-dealkylation sites (tertiary alicyclic amines) is 4. The van der Waals surface area contributed by atoms with Crippen LogP contribution in [-0.2, 0) is 37.5 Å². The molecular weight excluding hydrogens is 1540 g/mol. The van der Waals surface area contributed by atoms with Crippen molar-refractivity contribution in [1.29, 1.82) is 0 Å². The molecule has 0 aliphatic carbocycles. The molecule has 5 amide bonds. The lowest BCUT2D eigenvalue weighted by molar-refractivity contribution is -0.122. The molecule has 0 spiro atoms. The molecule has 0 saturated carbocycles. The van der Waals surface area contributed by atoms with Crippen molar-refractivity contribution in [3.8, 4) is 0 Å². The molecule has 628 valence electrons. The van der Waals surface area contributed by atoms with Crippen molar-refractivity contribution >= 4 is 75.1 Å². The molecule has 1 atom stereocenters. The summed E-state index contributed by atoms with van der Waals surface area (Å²) in [6.07, 6.45) is 20.9. The number of piperidine rings is 4. The quantitative estimate of drug-likeness (QED) is 0.0257. The third-order valence-electron chi connectivity index (χ3n) is 22.2. The van der Waals surface area contributed by atoms with Gasteiger partial charge in [0.25, 0.3) is 23.6 Å². The Morgan fingerprint density at radius 1 is 0.388 bits per heavy atom. The van der Waals surface area contributed by atoms with Crippen LogP contribution in [0.3, 0.4) is 0 Å². The molecule has 0 radical (unpaired) electrons. The summed E-state index contributed by atoms with van der Waals surface area (Å²) < 4.78 is 13.1. The molecule has 24 nitrogen and oxygen atoms in total. The second-order valence-corrected chi connectivity index (χ2v) is 32.5. The molecule has 5 aliphatic heterocycles. The van der Waals surface area contributed by atoms with E-state index >= 15 is 0 Å². The van der Waals surface area contributed by atoms with Crippen LogP contribution < -0.4 is 47.9 Å². The zero-order chi connectivity index (χ0) is 83.8. The summed E-state index contributed by atoms with van der Waals surface area (Å²) in [4.78, 5) is 100. The van der Waals surface area contributed by atoms with E-state index in [-0.39, 0.29) is 47.4 Å². The number of carbonyl (C=O) groups is 5. The Kier molecular flexibility index (Phi) is 32.4. The van der Waals surface area contributed by atoms with E-state index in [0.717, 1.165) is 159 Å². The van der Waals surface area contributed by atoms with Gasteiger partial charge in [0, 0.05) is 158 Å². The van der Waals surface area contributed by atoms with E-state index in [2.05, 4.69) is 207 Å². The lowest BCUT2D eigenvalue weighted by atomic mass is 10.0. The van der Waals surface area contributed by atoms with Gasteiger partial charge in [-0.25, -0.2) is 34.3 Å². The minimum atomic E-state index is -0.482. The smallest absolute Gasteiger partial charge is 0.261 e. The van der Waals surface area contributed by atoms with Crippen molar-refractivity contribution in [3.05, 3.63) is 310 Å². The minimum absolute atomic E-state index is 0.102. The fraction of sp³-hybridized carbons (Fsp3) is 0.337. The van der Waals surface area contributed by atoms with E-state index in [1.54, 1.807) is 97.8 Å². The summed E-state index contributed by atoms with van der Waals surface area (Å²) >= 11 is 1.46. The molecule has 9 N–H and O–H groups in total. The van der Waals surface area contributed by atoms with Gasteiger partial charge in [-0.1, -0.05) is 140 Å². The van der Waals surface area contributed by atoms with Crippen molar-refractivity contribution in [3.63, 3.8) is 0 Å². The Bertz CT molecular complexity index is 5070. The molecule has 121 heavy (non-hydrogen) atoms. The maximum atomic E-state index is 13.1. The van der Waals surface area contributed by atoms with E-state index < -0.39 is 6.04 Å². The SMILES string of the molecule is Cc1cccnc1NC(=O)c1cccnc1NC1CCN(Cc2ccccc2)CC1.Cc1cnc(NC(=O)c2cccnc2NC2CCN(Cc3ccccc3)CC2)s1.O=C(NC1CCCCNC1=O)c1cccnc1NC1CCN(Cc2ccccc2)CC1.O=C(NCc1ccc(F)cc1)c1cccnc1NC1CCN(Cc2ccccc2)CC1. The number of thiazole rings is 1. The Morgan fingerprint density at radius 3 is 1.12 bits per heavy atom. The summed E-state index contributed by atoms with van der Waals surface area (Å²) in [5.74, 6) is 1.83. The van der Waals surface area contributed by atoms with Gasteiger partial charge in [-0.05, 0) is 185 Å². The summed E-state index contributed by atoms with van der Waals surface area (Å²) in [6, 6.07) is 67.0. The normalized spacial score (nSPS) is 16.4. The number of hydrogen-bond donors (Lipinski definition) is 9. The lowest BCUT2D eigenvalue weighted by Gasteiger charge is -2.33. The number of pyridine rings is 5. The number of anilines is 6. The molecule has 6 aromatic heterocycles. The summed E-state index contributed by atoms with van der Waals surface area (Å²) in [5, 5.41) is 29.0. The first kappa shape index (κ1) is 86.6. The van der Waals surface area contributed by atoms with Crippen LogP contribution in [0.1, 0.15) is 150 Å². The van der Waals surface area contributed by atoms with Crippen LogP contribution >= 0.6 is 11.3 Å². The summed E-state index contributed by atoms with van der Waals surface area (Å²) in [7, 11) is 0. The first-order valence-electron chi connectivity index (χ1n) is 42.2. The van der Waals surface area contributed by atoms with Crippen LogP contribution in [0, 0.1) is 19.7 Å². The molecule has 5 aliphatic rings. The van der Waals surface area contributed by atoms with Crippen LogP contribution in [0.4, 0.5) is 38.6 Å². The first-order chi connectivity index (χ1) is 59.2. The Hall–Kier alpha value is -12.2. The highest BCUT2D eigenvalue weighted by atomic mass is 32.1. The van der Waals surface area contributed by atoms with Crippen molar-refractivity contribution in [1.82, 2.24) is 65.5 Å². The third-order valence-corrected chi connectivity index (χ3v) is 23.0. The van der Waals surface area contributed by atoms with E-state index in [0.29, 0.717) is 88.1 Å². The standard InChI is InChI=1S/C25H27FN4O.C24H31N5O2.C24H27N5O.C22H25N5OS/c26-21-10-8-19(9-11-21)17-28-25(31)23-7-4-14-27-24(23)29-22-12-15-30(16-13-22)18-20-5-2-1-3-6-20;30-23(28-21-10-4-5-13-26-24(21)31)20-9-6-14-25-22(20)27-19-11-15-29(16-12-19)17-18-7-2-1-3-8-18;1-18-7-5-13-25-22(18)28-24(30)21-10-6-14-26-23(21)27-20-11-15-29(16-12-20)17-19-8-3-2-4-9-19;1-16-14-24-22(29-16)26-21(28)19-8-5-11-23-20(19)25-18-9-12-27(13-10-18)15-17-6-3-2-4-7-17/h1-11,14,22H,12-13,15-18H2,(H,27,29)(H,28,31);1-3,6-9,14,19,21H,4-5,10-13,15-17H2,(H,25,27)(H,26,31)(H,28,30);2-10,13-14,20H,11-12,15-17H2,1H3,(H,26,27)(H,25,28,30);2-8,11,14,18H,9-10,12-13,15H2,1H3,(H,23,25)(H,24,26,28). The number of benzene rings is 5. The van der Waals surface area contributed by atoms with Gasteiger partial charge in [0.2, 0.25) is 5.91 Å². The molecule has 5 fully saturated rings. The van der Waals surface area contributed by atoms with Crippen molar-refractivity contribution < 1.29 is 28.4 Å². The lowest BCUT2D eigenvalue weighted by Crippen LogP contribution is -2.45. The highest BCUT2D eigenvalue weighted by Crippen LogP contribution is 2.28. The topological polar surface area (TPSA) is 284 Å². The Balaban J connectivity index is 0.000000139. The molecule has 11 aromatic rings. The van der Waals surface area contributed by atoms with Crippen LogP contribution in [-0.4, -0.2) is 168 Å². The maximum Gasteiger partial charge on any atom is 0.261 e. The van der Waals surface area contributed by atoms with Gasteiger partial charge in [0.15, 0.2) is 5.13 Å². The van der Waals surface area contributed by atoms with Gasteiger partial charge in [0.05, 0.1) is 22.3 Å². The van der Waals surface area contributed by atoms with Gasteiger partial charge in [0.1, 0.15) is 40.9 Å². The fourth-order valence-electron chi connectivity index (χ4n) is 15.5. The highest BCUT2D eigenvalue weighted by Gasteiger charge is 2.29. The van der Waals surface area contributed by atoms with Gasteiger partial charge < -0.3 is 42.5 Å². The number of halogens is 1. The molecule has 26 heteroatoms. The van der Waals surface area contributed by atoms with E-state index in [4.69, 9.17) is 0 Å². The predicted molar refractivity (Wildman–Crippen MR) is 478 cm³/mol. The Labute approximate surface area is 712 Å². The molecule has 0 bridgehead atoms. The average Bonchev–Trinajstić information content (AvgIpc) is 1.38. The van der Waals surface area contributed by atoms with E-state index in [1.807, 2.05) is 38.1 Å². The predicted octanol–water partition coefficient (Wildman–Crippen LogP) is 15.1. The summed E-state index contributed by atoms with van der Waals surface area (Å²) in [5.41, 5.74) is 9.23. The largest absolute Gasteiger partial charge is 0.367 e. The third kappa shape index (κ3) is 27.2. The number of amides is 5. The molecule has 11 heterocycles. The minimum Gasteiger partial charge on any atom is -0.367 e. The van der Waals surface area contributed by atoms with E-state index in [1.165, 1.54) is 45.7 Å². The maximum absolute atomic E-state index is 13.1. The zero-order valence-electron chi connectivity index (χ0n) is 69.0. The second kappa shape index (κ2) is 45.3. The first-order valence-corrected chi connectivity index (χ1v) is 43.0. The molecule has 1 unspecified atom stereocenters. The number of carbonyl (C=O) groups excluding carboxylic acids is 5. The van der Waals surface area contributed by atoms with Gasteiger partial charge >= 0.3 is 0 Å². The number of nitrogens with one attached hydrogen (secondary N) is 9. The average molecular weight is 1650 g/mol. The highest BCUT2D eigenvalue weighted by molar-refractivity contribution is 7.15. The van der Waals surface area contributed by atoms with Crippen LogP contribution in [0.25, 0.3) is 0 Å². The number of aryl methyl sites for hydroxylation is 2. The molecular formula is C95H110FN19O5S. The van der Waals surface area contributed by atoms with Crippen LogP contribution in [0.15, 0.2) is 243 Å². The fourth-order valence-corrected chi connectivity index (χ4v) is 16.1. The number of nitrogens with zero attached hydrogens (tertiary/aromatic N) is 10. The number of hydrogen-bond acceptors (Lipinski definition) is 20. The molecule has 5 saturated heterocycles. The van der Waals surface area contributed by atoms with Crippen LogP contribution in [0.5, 0.6) is 0 Å². The zero-order valence-corrected chi connectivity index (χ0v) is 69.8. The second-order valence-electron chi connectivity index (χ2n) is 31.3. The van der Waals surface area contributed by atoms with E-state index in [9.17, 15) is 28.4 Å². The monoisotopic (exact) mass is 1650 g/mol. The van der Waals surface area contributed by atoms with Crippen molar-refractivity contribution in [2.45, 2.75) is 147 Å². The molecule has 5 aromatic carbocycles. The molecule has 16 rings (SSSR count). The Morgan fingerprint density at radius 2 is 0.744 bits per heavy atom. The number of aromatic nitrogens is 6. The van der Waals surface area contributed by atoms with Gasteiger partial charge in [-0.15, -0.1) is 11.3 Å². The summed E-state index contributed by atoms with van der Waals surface area (Å²) in [6.45, 7) is 16.9. The van der Waals surface area contributed by atoms with Gasteiger partial charge in [-0.2, -0.15) is 0 Å². The number of rotatable bonds is 25. The van der Waals surface area contributed by atoms with Gasteiger partial charge in [-0.3, -0.25) is 48.9 Å². The van der Waals surface area contributed by atoms with Crippen LogP contribution in [0.2, 0.25) is 0 Å². The van der Waals surface area contributed by atoms with Crippen molar-refractivity contribution in [2.24, 2.45) is 0 Å².